The Labute approximate surface area is 144 Å². The summed E-state index contributed by atoms with van der Waals surface area (Å²) in [4.78, 5) is 0. The molecule has 0 amide bonds. The molecule has 0 saturated heterocycles. The van der Waals surface area contributed by atoms with Crippen molar-refractivity contribution in [1.82, 2.24) is 0 Å². The summed E-state index contributed by atoms with van der Waals surface area (Å²) >= 11 is 0. The van der Waals surface area contributed by atoms with Gasteiger partial charge in [-0.15, -0.1) is 0 Å². The van der Waals surface area contributed by atoms with E-state index in [-0.39, 0.29) is 10.8 Å². The molecule has 2 N–H and O–H groups in total. The van der Waals surface area contributed by atoms with Crippen LogP contribution in [0.1, 0.15) is 68.9 Å². The number of fused-ring (bicyclic) bond motifs is 3. The fourth-order valence-corrected chi connectivity index (χ4v) is 7.50. The van der Waals surface area contributed by atoms with Crippen LogP contribution in [0.15, 0.2) is 30.4 Å². The zero-order valence-corrected chi connectivity index (χ0v) is 14.6. The number of aryl methyl sites for hydroxylation is 1. The lowest BCUT2D eigenvalue weighted by Gasteiger charge is -2.63. The van der Waals surface area contributed by atoms with Crippen LogP contribution in [0, 0.1) is 16.7 Å². The van der Waals surface area contributed by atoms with Gasteiger partial charge < -0.3 is 10.2 Å². The molecule has 5 rings (SSSR count). The maximum Gasteiger partial charge on any atom is 0.115 e. The van der Waals surface area contributed by atoms with Gasteiger partial charge in [0, 0.05) is 5.41 Å². The molecule has 0 aliphatic heterocycles. The van der Waals surface area contributed by atoms with Crippen LogP contribution in [0.25, 0.3) is 0 Å². The van der Waals surface area contributed by atoms with Crippen LogP contribution in [0.5, 0.6) is 5.75 Å². The lowest BCUT2D eigenvalue weighted by Crippen LogP contribution is -2.59. The maximum atomic E-state index is 11.5. The second kappa shape index (κ2) is 4.46. The fraction of sp³-hybridized carbons (Fsp3) is 0.636. The Morgan fingerprint density at radius 2 is 1.96 bits per heavy atom. The minimum Gasteiger partial charge on any atom is -0.508 e. The molecule has 4 aliphatic rings. The van der Waals surface area contributed by atoms with Crippen LogP contribution < -0.4 is 0 Å². The summed E-state index contributed by atoms with van der Waals surface area (Å²) in [7, 11) is 0. The monoisotopic (exact) mass is 324 g/mol. The Bertz CT molecular complexity index is 737. The maximum absolute atomic E-state index is 11.5. The summed E-state index contributed by atoms with van der Waals surface area (Å²) in [6, 6.07) is 6.00. The van der Waals surface area contributed by atoms with Gasteiger partial charge >= 0.3 is 0 Å². The van der Waals surface area contributed by atoms with Gasteiger partial charge in [0.25, 0.3) is 0 Å². The van der Waals surface area contributed by atoms with Crippen LogP contribution in [0.2, 0.25) is 0 Å². The molecule has 2 heteroatoms. The smallest absolute Gasteiger partial charge is 0.115 e. The van der Waals surface area contributed by atoms with Crippen molar-refractivity contribution in [2.24, 2.45) is 16.7 Å². The highest BCUT2D eigenvalue weighted by Crippen LogP contribution is 2.76. The Kier molecular flexibility index (Phi) is 2.79. The van der Waals surface area contributed by atoms with Crippen molar-refractivity contribution >= 4 is 0 Å². The first kappa shape index (κ1) is 15.0. The van der Waals surface area contributed by atoms with E-state index < -0.39 is 5.60 Å². The molecule has 3 saturated carbocycles. The molecule has 24 heavy (non-hydrogen) atoms. The fourth-order valence-electron chi connectivity index (χ4n) is 7.50. The zero-order chi connectivity index (χ0) is 16.7. The zero-order valence-electron chi connectivity index (χ0n) is 14.6. The Balaban J connectivity index is 1.64. The van der Waals surface area contributed by atoms with Crippen molar-refractivity contribution in [3.8, 4) is 5.75 Å². The van der Waals surface area contributed by atoms with Crippen molar-refractivity contribution in [3.05, 3.63) is 41.5 Å². The third-order valence-electron chi connectivity index (χ3n) is 8.62. The van der Waals surface area contributed by atoms with E-state index in [1.54, 1.807) is 0 Å². The normalized spacial score (nSPS) is 46.2. The summed E-state index contributed by atoms with van der Waals surface area (Å²) in [5.41, 5.74) is 3.84. The Hall–Kier alpha value is -1.28. The molecule has 4 aliphatic carbocycles. The summed E-state index contributed by atoms with van der Waals surface area (Å²) < 4.78 is 0. The predicted molar refractivity (Wildman–Crippen MR) is 95.0 cm³/mol. The largest absolute Gasteiger partial charge is 0.508 e. The third kappa shape index (κ3) is 1.57. The first-order valence-electron chi connectivity index (χ1n) is 9.59. The number of hydrogen-bond donors (Lipinski definition) is 2. The minimum atomic E-state index is -0.525. The van der Waals surface area contributed by atoms with Crippen molar-refractivity contribution in [3.63, 3.8) is 0 Å². The summed E-state index contributed by atoms with van der Waals surface area (Å²) in [6.07, 6.45) is 8.59. The number of benzene rings is 1. The van der Waals surface area contributed by atoms with E-state index in [9.17, 15) is 10.2 Å². The van der Waals surface area contributed by atoms with Crippen LogP contribution in [-0.2, 0) is 6.42 Å². The molecule has 1 aromatic carbocycles. The van der Waals surface area contributed by atoms with E-state index >= 15 is 0 Å². The van der Waals surface area contributed by atoms with E-state index in [1.807, 2.05) is 12.1 Å². The van der Waals surface area contributed by atoms with E-state index in [0.717, 1.165) is 38.5 Å². The molecule has 0 unspecified atom stereocenters. The van der Waals surface area contributed by atoms with Crippen molar-refractivity contribution < 1.29 is 10.2 Å². The summed E-state index contributed by atoms with van der Waals surface area (Å²) in [5.74, 6) is 1.64. The first-order chi connectivity index (χ1) is 11.4. The summed E-state index contributed by atoms with van der Waals surface area (Å²) in [5, 5.41) is 21.3. The molecular formula is C22H28O2. The van der Waals surface area contributed by atoms with Gasteiger partial charge in [-0.3, -0.25) is 0 Å². The molecule has 128 valence electrons. The average Bonchev–Trinajstić information content (AvgIpc) is 2.66. The molecule has 0 radical (unpaired) electrons. The number of aliphatic hydroxyl groups is 1. The highest BCUT2D eigenvalue weighted by molar-refractivity contribution is 5.42. The molecule has 0 heterocycles. The second-order valence-corrected chi connectivity index (χ2v) is 9.30. The van der Waals surface area contributed by atoms with Crippen molar-refractivity contribution in [2.75, 3.05) is 0 Å². The quantitative estimate of drug-likeness (QED) is 0.679. The van der Waals surface area contributed by atoms with E-state index in [1.165, 1.54) is 29.5 Å². The van der Waals surface area contributed by atoms with Gasteiger partial charge in [0.05, 0.1) is 5.60 Å². The first-order valence-corrected chi connectivity index (χ1v) is 9.59. The summed E-state index contributed by atoms with van der Waals surface area (Å²) in [6.45, 7) is 6.70. The van der Waals surface area contributed by atoms with Crippen LogP contribution in [0.4, 0.5) is 0 Å². The molecule has 0 aromatic heterocycles. The van der Waals surface area contributed by atoms with Crippen molar-refractivity contribution in [2.45, 2.75) is 69.8 Å². The van der Waals surface area contributed by atoms with Gasteiger partial charge in [0.15, 0.2) is 0 Å². The number of phenolic OH excluding ortho intramolecular Hbond substituents is 1. The Morgan fingerprint density at radius 3 is 2.79 bits per heavy atom. The van der Waals surface area contributed by atoms with Crippen LogP contribution >= 0.6 is 0 Å². The van der Waals surface area contributed by atoms with Gasteiger partial charge in [0.2, 0.25) is 0 Å². The lowest BCUT2D eigenvalue weighted by molar-refractivity contribution is -0.164. The van der Waals surface area contributed by atoms with Gasteiger partial charge in [-0.25, -0.2) is 0 Å². The molecule has 5 atom stereocenters. The van der Waals surface area contributed by atoms with Gasteiger partial charge in [-0.2, -0.15) is 0 Å². The van der Waals surface area contributed by atoms with Crippen LogP contribution in [-0.4, -0.2) is 15.8 Å². The number of phenols is 1. The molecule has 1 aromatic rings. The molecule has 2 bridgehead atoms. The number of aromatic hydroxyl groups is 1. The molecule has 2 nitrogen and oxygen atoms in total. The molecule has 0 spiro atoms. The topological polar surface area (TPSA) is 40.5 Å². The molecule has 3 fully saturated rings. The predicted octanol–water partition coefficient (Wildman–Crippen LogP) is 4.70. The van der Waals surface area contributed by atoms with E-state index in [2.05, 4.69) is 19.6 Å². The number of rotatable bonds is 0. The van der Waals surface area contributed by atoms with Crippen LogP contribution in [0.3, 0.4) is 0 Å². The SMILES string of the molecule is C=C1C[C@]2(O)CC[C@]3(C1)[C@@H]1CCc4cc(O)ccc4[C@H]1CC[C@]23C. The third-order valence-corrected chi connectivity index (χ3v) is 8.62. The highest BCUT2D eigenvalue weighted by atomic mass is 16.3. The van der Waals surface area contributed by atoms with Gasteiger partial charge in [-0.1, -0.05) is 25.1 Å². The highest BCUT2D eigenvalue weighted by Gasteiger charge is 2.71. The molecular weight excluding hydrogens is 296 g/mol. The van der Waals surface area contributed by atoms with Gasteiger partial charge in [0.1, 0.15) is 5.75 Å². The minimum absolute atomic E-state index is 0.0524. The van der Waals surface area contributed by atoms with Crippen molar-refractivity contribution in [1.29, 1.82) is 0 Å². The second-order valence-electron chi connectivity index (χ2n) is 9.30. The Morgan fingerprint density at radius 1 is 1.12 bits per heavy atom. The standard InChI is InChI=1S/C22H28O2/c1-14-12-21-9-10-22(24,13-14)20(21,2)8-7-18-17-5-4-16(23)11-15(17)3-6-19(18)21/h4-5,11,18-19,23-24H,1,3,6-10,12-13H2,2H3/t18-,19-,20+,21+,22-/m1/s1. The average molecular weight is 324 g/mol. The van der Waals surface area contributed by atoms with Gasteiger partial charge in [-0.05, 0) is 91.9 Å². The van der Waals surface area contributed by atoms with E-state index in [0.29, 0.717) is 17.6 Å². The lowest BCUT2D eigenvalue weighted by atomic mass is 9.42. The number of hydrogen-bond acceptors (Lipinski definition) is 2. The van der Waals surface area contributed by atoms with E-state index in [4.69, 9.17) is 0 Å².